The molecule has 4 nitrogen and oxygen atoms in total. The molecular weight excluding hydrogens is 254 g/mol. The maximum Gasteiger partial charge on any atom is 0.260 e. The molecule has 1 amide bonds. The molecule has 1 fully saturated rings. The van der Waals surface area contributed by atoms with Crippen molar-refractivity contribution in [3.05, 3.63) is 29.3 Å². The number of ether oxygens (including phenoxy) is 2. The van der Waals surface area contributed by atoms with E-state index in [0.29, 0.717) is 17.3 Å². The van der Waals surface area contributed by atoms with Gasteiger partial charge >= 0.3 is 0 Å². The molecule has 1 heterocycles. The Labute approximate surface area is 111 Å². The minimum Gasteiger partial charge on any atom is -0.484 e. The topological polar surface area (TPSA) is 38.8 Å². The molecule has 18 heavy (non-hydrogen) atoms. The highest BCUT2D eigenvalue weighted by Gasteiger charge is 2.25. The van der Waals surface area contributed by atoms with E-state index in [0.717, 1.165) is 13.0 Å². The fourth-order valence-electron chi connectivity index (χ4n) is 1.91. The summed E-state index contributed by atoms with van der Waals surface area (Å²) in [5, 5.41) is 0.649. The fraction of sp³-hybridized carbons (Fsp3) is 0.462. The number of methoxy groups -OCH3 is 1. The lowest BCUT2D eigenvalue weighted by molar-refractivity contribution is -0.132. The zero-order valence-corrected chi connectivity index (χ0v) is 11.0. The summed E-state index contributed by atoms with van der Waals surface area (Å²) in [5.41, 5.74) is 0. The lowest BCUT2D eigenvalue weighted by atomic mass is 10.3. The number of halogens is 1. The Balaban J connectivity index is 1.80. The molecule has 0 saturated carbocycles. The van der Waals surface area contributed by atoms with Crippen molar-refractivity contribution < 1.29 is 14.3 Å². The van der Waals surface area contributed by atoms with Crippen molar-refractivity contribution in [1.82, 2.24) is 4.90 Å². The molecule has 0 aliphatic carbocycles. The van der Waals surface area contributed by atoms with Gasteiger partial charge in [0.05, 0.1) is 6.10 Å². The monoisotopic (exact) mass is 269 g/mol. The molecule has 1 unspecified atom stereocenters. The van der Waals surface area contributed by atoms with Gasteiger partial charge in [-0.05, 0) is 30.7 Å². The van der Waals surface area contributed by atoms with E-state index in [9.17, 15) is 4.79 Å². The normalized spacial score (nSPS) is 19.0. The minimum absolute atomic E-state index is 0.00972. The van der Waals surface area contributed by atoms with E-state index in [1.165, 1.54) is 0 Å². The lowest BCUT2D eigenvalue weighted by Gasteiger charge is -2.16. The number of nitrogens with zero attached hydrogens (tertiary/aromatic N) is 1. The van der Waals surface area contributed by atoms with Gasteiger partial charge in [0, 0.05) is 25.2 Å². The summed E-state index contributed by atoms with van der Waals surface area (Å²) < 4.78 is 10.6. The Hall–Kier alpha value is -1.26. The molecule has 0 spiro atoms. The van der Waals surface area contributed by atoms with Crippen LogP contribution in [-0.4, -0.2) is 43.7 Å². The maximum atomic E-state index is 11.9. The number of hydrogen-bond acceptors (Lipinski definition) is 3. The Morgan fingerprint density at radius 1 is 1.44 bits per heavy atom. The number of rotatable bonds is 4. The van der Waals surface area contributed by atoms with Gasteiger partial charge in [-0.1, -0.05) is 11.6 Å². The largest absolute Gasteiger partial charge is 0.484 e. The first-order valence-electron chi connectivity index (χ1n) is 5.88. The first kappa shape index (κ1) is 13.2. The van der Waals surface area contributed by atoms with Gasteiger partial charge in [-0.15, -0.1) is 0 Å². The van der Waals surface area contributed by atoms with Crippen LogP contribution in [0.4, 0.5) is 0 Å². The molecule has 1 aromatic rings. The Bertz CT molecular complexity index is 407. The SMILES string of the molecule is COC1CCN(C(=O)COc2ccc(Cl)cc2)C1. The van der Waals surface area contributed by atoms with Crippen LogP contribution in [0.15, 0.2) is 24.3 Å². The zero-order chi connectivity index (χ0) is 13.0. The van der Waals surface area contributed by atoms with Crippen molar-refractivity contribution in [3.63, 3.8) is 0 Å². The number of hydrogen-bond donors (Lipinski definition) is 0. The summed E-state index contributed by atoms with van der Waals surface area (Å²) in [7, 11) is 1.67. The molecule has 0 radical (unpaired) electrons. The summed E-state index contributed by atoms with van der Waals surface area (Å²) in [4.78, 5) is 13.6. The van der Waals surface area contributed by atoms with Gasteiger partial charge in [0.1, 0.15) is 5.75 Å². The van der Waals surface area contributed by atoms with E-state index in [1.54, 1.807) is 36.3 Å². The van der Waals surface area contributed by atoms with Crippen LogP contribution < -0.4 is 4.74 Å². The van der Waals surface area contributed by atoms with E-state index in [4.69, 9.17) is 21.1 Å². The Morgan fingerprint density at radius 2 is 2.17 bits per heavy atom. The predicted octanol–water partition coefficient (Wildman–Crippen LogP) is 1.97. The van der Waals surface area contributed by atoms with Crippen LogP contribution in [0.1, 0.15) is 6.42 Å². The van der Waals surface area contributed by atoms with Gasteiger partial charge in [-0.2, -0.15) is 0 Å². The van der Waals surface area contributed by atoms with Crippen molar-refractivity contribution in [3.8, 4) is 5.75 Å². The van der Waals surface area contributed by atoms with Gasteiger partial charge in [0.15, 0.2) is 6.61 Å². The number of carbonyl (C=O) groups excluding carboxylic acids is 1. The maximum absolute atomic E-state index is 11.9. The second kappa shape index (κ2) is 6.07. The van der Waals surface area contributed by atoms with Crippen LogP contribution in [-0.2, 0) is 9.53 Å². The van der Waals surface area contributed by atoms with Crippen molar-refractivity contribution in [2.75, 3.05) is 26.8 Å². The summed E-state index contributed by atoms with van der Waals surface area (Å²) in [5.74, 6) is 0.639. The lowest BCUT2D eigenvalue weighted by Crippen LogP contribution is -2.33. The first-order chi connectivity index (χ1) is 8.69. The van der Waals surface area contributed by atoms with Gasteiger partial charge < -0.3 is 14.4 Å². The molecule has 2 rings (SSSR count). The Kier molecular flexibility index (Phi) is 4.44. The van der Waals surface area contributed by atoms with Gasteiger partial charge in [-0.3, -0.25) is 4.79 Å². The van der Waals surface area contributed by atoms with Crippen LogP contribution in [0.2, 0.25) is 5.02 Å². The van der Waals surface area contributed by atoms with E-state index >= 15 is 0 Å². The summed E-state index contributed by atoms with van der Waals surface area (Å²) in [6.45, 7) is 1.44. The summed E-state index contributed by atoms with van der Waals surface area (Å²) in [6, 6.07) is 6.96. The molecular formula is C13H16ClNO3. The smallest absolute Gasteiger partial charge is 0.260 e. The predicted molar refractivity (Wildman–Crippen MR) is 68.9 cm³/mol. The highest BCUT2D eigenvalue weighted by atomic mass is 35.5. The third-order valence-corrected chi connectivity index (χ3v) is 3.26. The number of likely N-dealkylation sites (tertiary alicyclic amines) is 1. The van der Waals surface area contributed by atoms with Gasteiger partial charge in [0.2, 0.25) is 0 Å². The molecule has 0 N–H and O–H groups in total. The van der Waals surface area contributed by atoms with Gasteiger partial charge in [0.25, 0.3) is 5.91 Å². The standard InChI is InChI=1S/C13H16ClNO3/c1-17-12-6-7-15(8-12)13(16)9-18-11-4-2-10(14)3-5-11/h2-5,12H,6-9H2,1H3. The minimum atomic E-state index is -0.00972. The van der Waals surface area contributed by atoms with Crippen molar-refractivity contribution in [2.24, 2.45) is 0 Å². The number of carbonyl (C=O) groups is 1. The second-order valence-electron chi connectivity index (χ2n) is 4.23. The third-order valence-electron chi connectivity index (χ3n) is 3.01. The highest BCUT2D eigenvalue weighted by Crippen LogP contribution is 2.16. The number of amides is 1. The van der Waals surface area contributed by atoms with E-state index < -0.39 is 0 Å². The number of benzene rings is 1. The van der Waals surface area contributed by atoms with E-state index in [1.807, 2.05) is 0 Å². The molecule has 1 aliphatic rings. The molecule has 5 heteroatoms. The summed E-state index contributed by atoms with van der Waals surface area (Å²) >= 11 is 5.77. The van der Waals surface area contributed by atoms with Crippen LogP contribution in [0.5, 0.6) is 5.75 Å². The van der Waals surface area contributed by atoms with Gasteiger partial charge in [-0.25, -0.2) is 0 Å². The summed E-state index contributed by atoms with van der Waals surface area (Å²) in [6.07, 6.45) is 1.05. The van der Waals surface area contributed by atoms with Crippen LogP contribution in [0.25, 0.3) is 0 Å². The van der Waals surface area contributed by atoms with Crippen LogP contribution >= 0.6 is 11.6 Å². The average molecular weight is 270 g/mol. The zero-order valence-electron chi connectivity index (χ0n) is 10.3. The molecule has 0 aromatic heterocycles. The average Bonchev–Trinajstić information content (AvgIpc) is 2.86. The van der Waals surface area contributed by atoms with Crippen LogP contribution in [0.3, 0.4) is 0 Å². The highest BCUT2D eigenvalue weighted by molar-refractivity contribution is 6.30. The van der Waals surface area contributed by atoms with Crippen molar-refractivity contribution in [2.45, 2.75) is 12.5 Å². The first-order valence-corrected chi connectivity index (χ1v) is 6.26. The van der Waals surface area contributed by atoms with E-state index in [2.05, 4.69) is 0 Å². The Morgan fingerprint density at radius 3 is 2.78 bits per heavy atom. The van der Waals surface area contributed by atoms with E-state index in [-0.39, 0.29) is 18.6 Å². The molecule has 0 bridgehead atoms. The van der Waals surface area contributed by atoms with Crippen LogP contribution in [0, 0.1) is 0 Å². The second-order valence-corrected chi connectivity index (χ2v) is 4.67. The molecule has 1 saturated heterocycles. The fourth-order valence-corrected chi connectivity index (χ4v) is 2.04. The molecule has 1 aromatic carbocycles. The third kappa shape index (κ3) is 3.37. The quantitative estimate of drug-likeness (QED) is 0.839. The molecule has 98 valence electrons. The molecule has 1 atom stereocenters. The van der Waals surface area contributed by atoms with Crippen molar-refractivity contribution >= 4 is 17.5 Å². The van der Waals surface area contributed by atoms with Crippen molar-refractivity contribution in [1.29, 1.82) is 0 Å². The molecule has 1 aliphatic heterocycles.